The molecule has 30 heavy (non-hydrogen) atoms. The van der Waals surface area contributed by atoms with Gasteiger partial charge in [0.2, 0.25) is 0 Å². The van der Waals surface area contributed by atoms with Crippen LogP contribution in [0.15, 0.2) is 30.3 Å². The zero-order valence-electron chi connectivity index (χ0n) is 16.8. The molecule has 0 aliphatic carbocycles. The number of aliphatic carboxylic acids is 1. The predicted octanol–water partition coefficient (Wildman–Crippen LogP) is 3.60. The van der Waals surface area contributed by atoms with Gasteiger partial charge in [0.25, 0.3) is 6.01 Å². The van der Waals surface area contributed by atoms with Crippen molar-refractivity contribution < 1.29 is 19.4 Å². The van der Waals surface area contributed by atoms with Gasteiger partial charge in [0.05, 0.1) is 34.9 Å². The number of nitrogens with zero attached hydrogens (tertiary/aromatic N) is 3. The highest BCUT2D eigenvalue weighted by molar-refractivity contribution is 6.33. The first-order valence-corrected chi connectivity index (χ1v) is 10.1. The van der Waals surface area contributed by atoms with Crippen molar-refractivity contribution in [3.63, 3.8) is 0 Å². The third-order valence-corrected chi connectivity index (χ3v) is 5.36. The van der Waals surface area contributed by atoms with E-state index in [2.05, 4.69) is 32.0 Å². The Kier molecular flexibility index (Phi) is 5.53. The summed E-state index contributed by atoms with van der Waals surface area (Å²) in [4.78, 5) is 25.4. The van der Waals surface area contributed by atoms with Crippen molar-refractivity contribution in [1.82, 2.24) is 15.0 Å². The standard InChI is InChI=1S/C21H23ClN4O4/c1-21(2,19(27)28)12-30-20-23-16-11-15(22)17(24-18(16)25-20)13-3-5-14(6-4-13)26-7-9-29-10-8-26/h3-6,11H,7-10,12H2,1-2H3,(H,27,28)(H,23,24,25). The van der Waals surface area contributed by atoms with Gasteiger partial charge in [-0.3, -0.25) is 4.79 Å². The van der Waals surface area contributed by atoms with Crippen LogP contribution in [0.2, 0.25) is 5.02 Å². The number of benzene rings is 1. The monoisotopic (exact) mass is 430 g/mol. The normalized spacial score (nSPS) is 14.8. The second-order valence-corrected chi connectivity index (χ2v) is 8.26. The second-order valence-electron chi connectivity index (χ2n) is 7.86. The van der Waals surface area contributed by atoms with Crippen molar-refractivity contribution in [1.29, 1.82) is 0 Å². The van der Waals surface area contributed by atoms with Gasteiger partial charge in [-0.2, -0.15) is 4.98 Å². The topological polar surface area (TPSA) is 101 Å². The maximum Gasteiger partial charge on any atom is 0.312 e. The summed E-state index contributed by atoms with van der Waals surface area (Å²) in [5.41, 5.74) is 2.69. The number of carboxylic acid groups (broad SMARTS) is 1. The van der Waals surface area contributed by atoms with Gasteiger partial charge < -0.3 is 24.5 Å². The summed E-state index contributed by atoms with van der Waals surface area (Å²) in [5, 5.41) is 9.70. The molecule has 2 N–H and O–H groups in total. The van der Waals surface area contributed by atoms with E-state index in [4.69, 9.17) is 21.1 Å². The number of ether oxygens (including phenoxy) is 2. The zero-order chi connectivity index (χ0) is 21.3. The smallest absolute Gasteiger partial charge is 0.312 e. The van der Waals surface area contributed by atoms with E-state index in [1.165, 1.54) is 0 Å². The lowest BCUT2D eigenvalue weighted by molar-refractivity contribution is -0.148. The van der Waals surface area contributed by atoms with Crippen LogP contribution in [0.1, 0.15) is 13.8 Å². The quantitative estimate of drug-likeness (QED) is 0.616. The number of H-pyrrole nitrogens is 1. The number of nitrogens with one attached hydrogen (secondary N) is 1. The maximum absolute atomic E-state index is 11.2. The first-order valence-electron chi connectivity index (χ1n) is 9.69. The summed E-state index contributed by atoms with van der Waals surface area (Å²) in [6, 6.07) is 10.0. The number of imidazole rings is 1. The Bertz CT molecular complexity index is 1060. The van der Waals surface area contributed by atoms with Crippen molar-refractivity contribution in [2.75, 3.05) is 37.8 Å². The highest BCUT2D eigenvalue weighted by atomic mass is 35.5. The number of rotatable bonds is 6. The van der Waals surface area contributed by atoms with Crippen LogP contribution < -0.4 is 9.64 Å². The summed E-state index contributed by atoms with van der Waals surface area (Å²) in [5.74, 6) is -0.942. The van der Waals surface area contributed by atoms with E-state index in [0.717, 1.165) is 37.6 Å². The minimum absolute atomic E-state index is 0.0221. The average molecular weight is 431 g/mol. The van der Waals surface area contributed by atoms with Gasteiger partial charge in [-0.1, -0.05) is 23.7 Å². The van der Waals surface area contributed by atoms with Crippen LogP contribution in [0.5, 0.6) is 6.01 Å². The second kappa shape index (κ2) is 8.12. The largest absolute Gasteiger partial charge is 0.481 e. The summed E-state index contributed by atoms with van der Waals surface area (Å²) in [6.45, 7) is 6.37. The number of anilines is 1. The fourth-order valence-electron chi connectivity index (χ4n) is 3.13. The molecule has 0 unspecified atom stereocenters. The van der Waals surface area contributed by atoms with Gasteiger partial charge in [0.15, 0.2) is 5.65 Å². The van der Waals surface area contributed by atoms with Gasteiger partial charge in [-0.15, -0.1) is 0 Å². The molecule has 1 aliphatic rings. The van der Waals surface area contributed by atoms with Crippen LogP contribution in [0, 0.1) is 5.41 Å². The van der Waals surface area contributed by atoms with Gasteiger partial charge in [0, 0.05) is 24.3 Å². The van der Waals surface area contributed by atoms with Gasteiger partial charge in [-0.25, -0.2) is 4.98 Å². The van der Waals surface area contributed by atoms with Gasteiger partial charge >= 0.3 is 5.97 Å². The molecule has 3 aromatic rings. The van der Waals surface area contributed by atoms with E-state index < -0.39 is 11.4 Å². The van der Waals surface area contributed by atoms with Gasteiger partial charge in [0.1, 0.15) is 6.61 Å². The molecule has 158 valence electrons. The lowest BCUT2D eigenvalue weighted by atomic mass is 9.95. The number of carboxylic acids is 1. The molecule has 0 amide bonds. The maximum atomic E-state index is 11.2. The van der Waals surface area contributed by atoms with Crippen molar-refractivity contribution in [3.8, 4) is 17.3 Å². The van der Waals surface area contributed by atoms with Crippen molar-refractivity contribution in [2.24, 2.45) is 5.41 Å². The first kappa shape index (κ1) is 20.4. The summed E-state index contributed by atoms with van der Waals surface area (Å²) >= 11 is 6.47. The molecule has 9 heteroatoms. The third kappa shape index (κ3) is 4.20. The number of hydrogen-bond acceptors (Lipinski definition) is 6. The van der Waals surface area contributed by atoms with E-state index in [1.807, 2.05) is 12.1 Å². The van der Waals surface area contributed by atoms with Crippen LogP contribution >= 0.6 is 11.6 Å². The molecule has 3 heterocycles. The molecule has 1 aliphatic heterocycles. The Morgan fingerprint density at radius 2 is 1.97 bits per heavy atom. The fourth-order valence-corrected chi connectivity index (χ4v) is 3.39. The van der Waals surface area contributed by atoms with Crippen molar-refractivity contribution >= 4 is 34.4 Å². The first-order chi connectivity index (χ1) is 14.3. The number of halogens is 1. The van der Waals surface area contributed by atoms with E-state index >= 15 is 0 Å². The van der Waals surface area contributed by atoms with E-state index in [0.29, 0.717) is 21.9 Å². The molecule has 0 spiro atoms. The molecule has 1 aromatic carbocycles. The molecule has 0 saturated carbocycles. The molecule has 0 bridgehead atoms. The number of carbonyl (C=O) groups is 1. The van der Waals surface area contributed by atoms with Crippen LogP contribution in [0.25, 0.3) is 22.4 Å². The Morgan fingerprint density at radius 3 is 2.63 bits per heavy atom. The Hall–Kier alpha value is -2.84. The molecule has 4 rings (SSSR count). The minimum Gasteiger partial charge on any atom is -0.481 e. The summed E-state index contributed by atoms with van der Waals surface area (Å²) in [7, 11) is 0. The summed E-state index contributed by atoms with van der Waals surface area (Å²) < 4.78 is 10.9. The van der Waals surface area contributed by atoms with E-state index in [-0.39, 0.29) is 12.6 Å². The molecular weight excluding hydrogens is 408 g/mol. The van der Waals surface area contributed by atoms with Crippen LogP contribution in [0.4, 0.5) is 5.69 Å². The predicted molar refractivity (Wildman–Crippen MR) is 114 cm³/mol. The molecule has 0 atom stereocenters. The number of aromatic amines is 1. The minimum atomic E-state index is -1.03. The number of aromatic nitrogens is 3. The number of fused-ring (bicyclic) bond motifs is 1. The zero-order valence-corrected chi connectivity index (χ0v) is 17.6. The average Bonchev–Trinajstić information content (AvgIpc) is 3.14. The number of pyridine rings is 1. The molecule has 0 radical (unpaired) electrons. The Balaban J connectivity index is 1.56. The molecular formula is C21H23ClN4O4. The van der Waals surface area contributed by atoms with Crippen LogP contribution in [0.3, 0.4) is 0 Å². The SMILES string of the molecule is CC(C)(COc1nc2nc(-c3ccc(N4CCOCC4)cc3)c(Cl)cc2[nH]1)C(=O)O. The van der Waals surface area contributed by atoms with E-state index in [9.17, 15) is 9.90 Å². The fraction of sp³-hybridized carbons (Fsp3) is 0.381. The summed E-state index contributed by atoms with van der Waals surface area (Å²) in [6.07, 6.45) is 0. The number of hydrogen-bond donors (Lipinski definition) is 2. The van der Waals surface area contributed by atoms with E-state index in [1.54, 1.807) is 19.9 Å². The third-order valence-electron chi connectivity index (χ3n) is 5.07. The molecule has 1 fully saturated rings. The van der Waals surface area contributed by atoms with Gasteiger partial charge in [-0.05, 0) is 32.0 Å². The van der Waals surface area contributed by atoms with Crippen molar-refractivity contribution in [3.05, 3.63) is 35.4 Å². The van der Waals surface area contributed by atoms with Crippen LogP contribution in [-0.4, -0.2) is 58.9 Å². The highest BCUT2D eigenvalue weighted by Crippen LogP contribution is 2.31. The molecule has 8 nitrogen and oxygen atoms in total. The molecule has 1 saturated heterocycles. The lowest BCUT2D eigenvalue weighted by Crippen LogP contribution is -2.36. The lowest BCUT2D eigenvalue weighted by Gasteiger charge is -2.28. The number of morpholine rings is 1. The highest BCUT2D eigenvalue weighted by Gasteiger charge is 2.28. The Labute approximate surface area is 178 Å². The Morgan fingerprint density at radius 1 is 1.27 bits per heavy atom. The van der Waals surface area contributed by atoms with Crippen molar-refractivity contribution in [2.45, 2.75) is 13.8 Å². The van der Waals surface area contributed by atoms with Crippen LogP contribution in [-0.2, 0) is 9.53 Å². The molecule has 2 aromatic heterocycles.